The molecular formula is C21H28N4O3S2. The highest BCUT2D eigenvalue weighted by Gasteiger charge is 2.20. The number of nitrogens with zero attached hydrogens (tertiary/aromatic N) is 2. The first-order chi connectivity index (χ1) is 14.7. The number of carbonyl (C=O) groups excluding carboxylic acids is 1. The minimum Gasteiger partial charge on any atom is -0.392 e. The molecule has 0 saturated heterocycles. The summed E-state index contributed by atoms with van der Waals surface area (Å²) in [5.41, 5.74) is 0.992. The van der Waals surface area contributed by atoms with Gasteiger partial charge in [-0.3, -0.25) is 10.1 Å². The maximum atomic E-state index is 13.0. The molecule has 0 spiro atoms. The molecule has 1 aliphatic rings. The lowest BCUT2D eigenvalue weighted by molar-refractivity contribution is -0.110. The number of hydrogen-bond acceptors (Lipinski definition) is 8. The van der Waals surface area contributed by atoms with Crippen LogP contribution in [-0.4, -0.2) is 49.2 Å². The number of aromatic nitrogens is 1. The van der Waals surface area contributed by atoms with Gasteiger partial charge >= 0.3 is 0 Å². The summed E-state index contributed by atoms with van der Waals surface area (Å²) in [7, 11) is 1.67. The topological polar surface area (TPSA) is 84.8 Å². The van der Waals surface area contributed by atoms with Crippen molar-refractivity contribution >= 4 is 39.8 Å². The Bertz CT molecular complexity index is 833. The van der Waals surface area contributed by atoms with Gasteiger partial charge in [-0.1, -0.05) is 17.3 Å². The molecule has 0 atom stereocenters. The summed E-state index contributed by atoms with van der Waals surface area (Å²) in [6, 6.07) is 7.75. The van der Waals surface area contributed by atoms with Crippen LogP contribution in [0.25, 0.3) is 0 Å². The van der Waals surface area contributed by atoms with E-state index in [9.17, 15) is 4.79 Å². The lowest BCUT2D eigenvalue weighted by Crippen LogP contribution is -2.25. The van der Waals surface area contributed by atoms with Crippen molar-refractivity contribution in [2.45, 2.75) is 43.2 Å². The zero-order valence-corrected chi connectivity index (χ0v) is 19.0. The quantitative estimate of drug-likeness (QED) is 0.235. The van der Waals surface area contributed by atoms with Crippen molar-refractivity contribution in [3.8, 4) is 0 Å². The van der Waals surface area contributed by atoms with Crippen LogP contribution < -0.4 is 10.6 Å². The average molecular weight is 449 g/mol. The number of methoxy groups -OCH3 is 1. The van der Waals surface area contributed by atoms with Crippen LogP contribution in [-0.2, 0) is 20.9 Å². The number of thioether (sulfide) groups is 1. The second kappa shape index (κ2) is 12.0. The van der Waals surface area contributed by atoms with Crippen molar-refractivity contribution in [2.75, 3.05) is 31.8 Å². The first kappa shape index (κ1) is 22.7. The van der Waals surface area contributed by atoms with E-state index < -0.39 is 0 Å². The molecule has 0 radical (unpaired) electrons. The van der Waals surface area contributed by atoms with Crippen molar-refractivity contribution < 1.29 is 14.4 Å². The SMILES string of the molecule is COCCNCc1cnc(NC(=O)C(=NOC2CCCC2)c2ccc(SC)cc2)s1. The Balaban J connectivity index is 1.68. The molecule has 1 fully saturated rings. The third kappa shape index (κ3) is 6.80. The molecule has 3 rings (SSSR count). The van der Waals surface area contributed by atoms with E-state index in [1.54, 1.807) is 25.1 Å². The molecule has 0 unspecified atom stereocenters. The molecule has 0 aliphatic heterocycles. The van der Waals surface area contributed by atoms with Gasteiger partial charge in [0.15, 0.2) is 10.8 Å². The summed E-state index contributed by atoms with van der Waals surface area (Å²) in [5, 5.41) is 10.9. The van der Waals surface area contributed by atoms with E-state index in [0.29, 0.717) is 18.3 Å². The van der Waals surface area contributed by atoms with Gasteiger partial charge in [-0.25, -0.2) is 4.98 Å². The van der Waals surface area contributed by atoms with Crippen LogP contribution in [0, 0.1) is 0 Å². The molecule has 1 heterocycles. The van der Waals surface area contributed by atoms with E-state index in [1.165, 1.54) is 11.3 Å². The number of hydrogen-bond donors (Lipinski definition) is 2. The Morgan fingerprint density at radius 2 is 2.07 bits per heavy atom. The molecule has 2 aromatic rings. The molecule has 1 saturated carbocycles. The second-order valence-corrected chi connectivity index (χ2v) is 8.93. The average Bonchev–Trinajstić information content (AvgIpc) is 3.44. The normalized spacial score (nSPS) is 14.8. The van der Waals surface area contributed by atoms with Crippen LogP contribution in [0.4, 0.5) is 5.13 Å². The van der Waals surface area contributed by atoms with Gasteiger partial charge in [0.2, 0.25) is 0 Å². The van der Waals surface area contributed by atoms with Crippen LogP contribution in [0.1, 0.15) is 36.1 Å². The highest BCUT2D eigenvalue weighted by atomic mass is 32.2. The van der Waals surface area contributed by atoms with E-state index in [2.05, 4.69) is 20.8 Å². The number of rotatable bonds is 11. The summed E-state index contributed by atoms with van der Waals surface area (Å²) in [6.07, 6.45) is 8.12. The largest absolute Gasteiger partial charge is 0.392 e. The Morgan fingerprint density at radius 3 is 2.77 bits per heavy atom. The maximum absolute atomic E-state index is 13.0. The number of anilines is 1. The number of thiazole rings is 1. The second-order valence-electron chi connectivity index (χ2n) is 6.94. The van der Waals surface area contributed by atoms with Gasteiger partial charge in [0.05, 0.1) is 6.61 Å². The lowest BCUT2D eigenvalue weighted by Gasteiger charge is -2.10. The molecule has 1 aromatic carbocycles. The van der Waals surface area contributed by atoms with Gasteiger partial charge in [0, 0.05) is 41.7 Å². The number of amides is 1. The highest BCUT2D eigenvalue weighted by molar-refractivity contribution is 7.98. The molecule has 7 nitrogen and oxygen atoms in total. The van der Waals surface area contributed by atoms with E-state index in [4.69, 9.17) is 9.57 Å². The number of ether oxygens (including phenoxy) is 1. The van der Waals surface area contributed by atoms with E-state index in [0.717, 1.165) is 47.6 Å². The third-order valence-electron chi connectivity index (χ3n) is 4.73. The lowest BCUT2D eigenvalue weighted by atomic mass is 10.1. The van der Waals surface area contributed by atoms with Crippen LogP contribution >= 0.6 is 23.1 Å². The van der Waals surface area contributed by atoms with Gasteiger partial charge in [-0.2, -0.15) is 0 Å². The van der Waals surface area contributed by atoms with E-state index in [-0.39, 0.29) is 17.7 Å². The van der Waals surface area contributed by atoms with E-state index in [1.807, 2.05) is 30.5 Å². The molecular weight excluding hydrogens is 420 g/mol. The van der Waals surface area contributed by atoms with Gasteiger partial charge in [0.25, 0.3) is 5.91 Å². The number of oxime groups is 1. The zero-order chi connectivity index (χ0) is 21.2. The van der Waals surface area contributed by atoms with Crippen molar-refractivity contribution in [3.05, 3.63) is 40.9 Å². The Kier molecular flexibility index (Phi) is 9.13. The number of benzene rings is 1. The monoisotopic (exact) mass is 448 g/mol. The minimum absolute atomic E-state index is 0.0860. The Hall–Kier alpha value is -1.94. The standard InChI is InChI=1S/C21H28N4O3S2/c1-27-12-11-22-13-18-14-23-21(30-18)24-20(26)19(25-28-16-5-3-4-6-16)15-7-9-17(29-2)10-8-15/h7-10,14,16,22H,3-6,11-13H2,1-2H3,(H,23,24,26). The number of nitrogens with one attached hydrogen (secondary N) is 2. The molecule has 1 aromatic heterocycles. The van der Waals surface area contributed by atoms with Gasteiger partial charge in [0.1, 0.15) is 6.10 Å². The van der Waals surface area contributed by atoms with Crippen LogP contribution in [0.3, 0.4) is 0 Å². The predicted molar refractivity (Wildman–Crippen MR) is 122 cm³/mol. The summed E-state index contributed by atoms with van der Waals surface area (Å²) in [5.74, 6) is -0.321. The van der Waals surface area contributed by atoms with Crippen LogP contribution in [0.2, 0.25) is 0 Å². The van der Waals surface area contributed by atoms with Crippen molar-refractivity contribution in [1.29, 1.82) is 0 Å². The summed E-state index contributed by atoms with van der Waals surface area (Å²) in [4.78, 5) is 25.2. The fraction of sp³-hybridized carbons (Fsp3) is 0.476. The van der Waals surface area contributed by atoms with Gasteiger partial charge in [-0.15, -0.1) is 23.1 Å². The fourth-order valence-corrected chi connectivity index (χ4v) is 4.27. The molecule has 0 bridgehead atoms. The molecule has 1 amide bonds. The molecule has 30 heavy (non-hydrogen) atoms. The summed E-state index contributed by atoms with van der Waals surface area (Å²) >= 11 is 3.09. The van der Waals surface area contributed by atoms with Gasteiger partial charge in [-0.05, 0) is 44.1 Å². The van der Waals surface area contributed by atoms with Crippen LogP contribution in [0.15, 0.2) is 40.5 Å². The van der Waals surface area contributed by atoms with Crippen LogP contribution in [0.5, 0.6) is 0 Å². The first-order valence-electron chi connectivity index (χ1n) is 10.0. The Labute approximate surface area is 185 Å². The first-order valence-corrected chi connectivity index (χ1v) is 12.1. The molecule has 1 aliphatic carbocycles. The van der Waals surface area contributed by atoms with Gasteiger partial charge < -0.3 is 14.9 Å². The summed E-state index contributed by atoms with van der Waals surface area (Å²) < 4.78 is 5.02. The van der Waals surface area contributed by atoms with E-state index >= 15 is 0 Å². The predicted octanol–water partition coefficient (Wildman–Crippen LogP) is 3.90. The summed E-state index contributed by atoms with van der Waals surface area (Å²) in [6.45, 7) is 2.09. The number of carbonyl (C=O) groups is 1. The van der Waals surface area contributed by atoms with Crippen molar-refractivity contribution in [3.63, 3.8) is 0 Å². The molecule has 2 N–H and O–H groups in total. The highest BCUT2D eigenvalue weighted by Crippen LogP contribution is 2.23. The van der Waals surface area contributed by atoms with Crippen molar-refractivity contribution in [1.82, 2.24) is 10.3 Å². The smallest absolute Gasteiger partial charge is 0.280 e. The minimum atomic E-state index is -0.321. The maximum Gasteiger partial charge on any atom is 0.280 e. The Morgan fingerprint density at radius 1 is 1.30 bits per heavy atom. The zero-order valence-electron chi connectivity index (χ0n) is 17.3. The third-order valence-corrected chi connectivity index (χ3v) is 6.39. The molecule has 162 valence electrons. The van der Waals surface area contributed by atoms with Crippen molar-refractivity contribution in [2.24, 2.45) is 5.16 Å². The molecule has 9 heteroatoms. The fourth-order valence-electron chi connectivity index (χ4n) is 3.08.